The van der Waals surface area contributed by atoms with Gasteiger partial charge in [0.2, 0.25) is 0 Å². The normalized spacial score (nSPS) is 20.0. The standard InChI is InChI=1S/C32H41N7O3/c1-4-38-16-15-28-29(21-38)35-30(36-31(28)39-19-26-13-14-27(20-39)42-26)22-5-7-23(8-6-22)33-32(40)34-24-9-11-25(12-10-24)41-18-17-37(2)3/h5-12,26-27H,4,13-21H2,1-3H3,(H2,33,34,40). The number of hydrogen-bond donors (Lipinski definition) is 2. The molecule has 2 N–H and O–H groups in total. The molecule has 2 fully saturated rings. The Balaban J connectivity index is 1.13. The number of carbonyl (C=O) groups excluding carboxylic acids is 1. The highest BCUT2D eigenvalue weighted by atomic mass is 16.5. The molecule has 2 saturated heterocycles. The van der Waals surface area contributed by atoms with Crippen LogP contribution in [0, 0.1) is 0 Å². The second-order valence-electron chi connectivity index (χ2n) is 11.6. The summed E-state index contributed by atoms with van der Waals surface area (Å²) in [7, 11) is 4.02. The van der Waals surface area contributed by atoms with Crippen molar-refractivity contribution in [3.05, 3.63) is 59.8 Å². The van der Waals surface area contributed by atoms with Crippen LogP contribution in [0.5, 0.6) is 5.75 Å². The number of rotatable bonds is 9. The molecule has 2 unspecified atom stereocenters. The van der Waals surface area contributed by atoms with Crippen molar-refractivity contribution in [2.75, 3.05) is 69.0 Å². The fourth-order valence-corrected chi connectivity index (χ4v) is 5.89. The molecule has 0 aliphatic carbocycles. The van der Waals surface area contributed by atoms with Crippen molar-refractivity contribution in [2.45, 2.75) is 44.9 Å². The van der Waals surface area contributed by atoms with Gasteiger partial charge in [-0.3, -0.25) is 4.90 Å². The molecule has 3 aliphatic rings. The summed E-state index contributed by atoms with van der Waals surface area (Å²) >= 11 is 0. The number of likely N-dealkylation sites (N-methyl/N-ethyl adjacent to an activating group) is 2. The molecular weight excluding hydrogens is 530 g/mol. The number of benzene rings is 2. The van der Waals surface area contributed by atoms with Gasteiger partial charge < -0.3 is 29.9 Å². The Hall–Kier alpha value is -3.73. The van der Waals surface area contributed by atoms with E-state index >= 15 is 0 Å². The number of aromatic nitrogens is 2. The zero-order chi connectivity index (χ0) is 29.1. The summed E-state index contributed by atoms with van der Waals surface area (Å²) in [6, 6.07) is 14.8. The van der Waals surface area contributed by atoms with Crippen LogP contribution in [0.25, 0.3) is 11.4 Å². The molecule has 0 radical (unpaired) electrons. The van der Waals surface area contributed by atoms with Gasteiger partial charge in [-0.05, 0) is 88.4 Å². The van der Waals surface area contributed by atoms with E-state index in [2.05, 4.69) is 32.3 Å². The number of urea groups is 1. The Bertz CT molecular complexity index is 1370. The second-order valence-corrected chi connectivity index (χ2v) is 11.6. The van der Waals surface area contributed by atoms with Gasteiger partial charge in [0, 0.05) is 55.2 Å². The summed E-state index contributed by atoms with van der Waals surface area (Å²) in [5.41, 5.74) is 4.72. The monoisotopic (exact) mass is 571 g/mol. The molecule has 42 heavy (non-hydrogen) atoms. The van der Waals surface area contributed by atoms with Gasteiger partial charge in [-0.25, -0.2) is 14.8 Å². The van der Waals surface area contributed by atoms with E-state index in [9.17, 15) is 4.79 Å². The van der Waals surface area contributed by atoms with E-state index in [0.29, 0.717) is 30.2 Å². The Morgan fingerprint density at radius 1 is 1.00 bits per heavy atom. The number of hydrogen-bond acceptors (Lipinski definition) is 8. The van der Waals surface area contributed by atoms with Crippen LogP contribution in [-0.2, 0) is 17.7 Å². The average molecular weight is 572 g/mol. The van der Waals surface area contributed by atoms with Gasteiger partial charge in [-0.2, -0.15) is 0 Å². The molecule has 2 amide bonds. The van der Waals surface area contributed by atoms with Crippen LogP contribution in [0.4, 0.5) is 22.0 Å². The molecule has 6 rings (SSSR count). The smallest absolute Gasteiger partial charge is 0.323 e. The van der Waals surface area contributed by atoms with E-state index in [1.807, 2.05) is 62.6 Å². The summed E-state index contributed by atoms with van der Waals surface area (Å²) in [6.45, 7) is 8.32. The predicted octanol–water partition coefficient (Wildman–Crippen LogP) is 4.47. The van der Waals surface area contributed by atoms with Gasteiger partial charge in [0.05, 0.1) is 17.9 Å². The fourth-order valence-electron chi connectivity index (χ4n) is 5.89. The van der Waals surface area contributed by atoms with Gasteiger partial charge in [0.1, 0.15) is 18.2 Å². The summed E-state index contributed by atoms with van der Waals surface area (Å²) in [6.07, 6.45) is 3.82. The van der Waals surface area contributed by atoms with Crippen molar-refractivity contribution >= 4 is 23.2 Å². The van der Waals surface area contributed by atoms with Crippen LogP contribution >= 0.6 is 0 Å². The molecule has 2 atom stereocenters. The first-order valence-corrected chi connectivity index (χ1v) is 15.0. The number of nitrogens with one attached hydrogen (secondary N) is 2. The van der Waals surface area contributed by atoms with Crippen molar-refractivity contribution in [1.82, 2.24) is 19.8 Å². The SMILES string of the molecule is CCN1CCc2c(nc(-c3ccc(NC(=O)Nc4ccc(OCCN(C)C)cc4)cc3)nc2N2CC3CCC(C2)O3)C1. The van der Waals surface area contributed by atoms with Gasteiger partial charge in [0.15, 0.2) is 5.82 Å². The molecule has 10 heteroatoms. The summed E-state index contributed by atoms with van der Waals surface area (Å²) in [5.74, 6) is 2.57. The first-order valence-electron chi connectivity index (χ1n) is 15.0. The minimum Gasteiger partial charge on any atom is -0.492 e. The van der Waals surface area contributed by atoms with E-state index in [-0.39, 0.29) is 6.03 Å². The van der Waals surface area contributed by atoms with Crippen LogP contribution in [0.3, 0.4) is 0 Å². The van der Waals surface area contributed by atoms with Crippen LogP contribution < -0.4 is 20.3 Å². The van der Waals surface area contributed by atoms with Crippen molar-refractivity contribution in [3.63, 3.8) is 0 Å². The van der Waals surface area contributed by atoms with Gasteiger partial charge >= 0.3 is 6.03 Å². The van der Waals surface area contributed by atoms with Crippen LogP contribution in [0.1, 0.15) is 31.0 Å². The molecule has 222 valence electrons. The lowest BCUT2D eigenvalue weighted by molar-refractivity contribution is 0.0301. The van der Waals surface area contributed by atoms with Crippen molar-refractivity contribution in [3.8, 4) is 17.1 Å². The van der Waals surface area contributed by atoms with Gasteiger partial charge in [0.25, 0.3) is 0 Å². The summed E-state index contributed by atoms with van der Waals surface area (Å²) in [5, 5.41) is 5.80. The number of ether oxygens (including phenoxy) is 2. The highest BCUT2D eigenvalue weighted by Crippen LogP contribution is 2.34. The number of nitrogens with zero attached hydrogens (tertiary/aromatic N) is 5. The largest absolute Gasteiger partial charge is 0.492 e. The maximum Gasteiger partial charge on any atom is 0.323 e. The third-order valence-electron chi connectivity index (χ3n) is 8.23. The molecule has 3 aliphatic heterocycles. The van der Waals surface area contributed by atoms with Crippen LogP contribution in [-0.4, -0.2) is 91.4 Å². The van der Waals surface area contributed by atoms with Gasteiger partial charge in [-0.1, -0.05) is 6.92 Å². The lowest BCUT2D eigenvalue weighted by Crippen LogP contribution is -2.44. The van der Waals surface area contributed by atoms with Crippen LogP contribution in [0.15, 0.2) is 48.5 Å². The van der Waals surface area contributed by atoms with Crippen LogP contribution in [0.2, 0.25) is 0 Å². The van der Waals surface area contributed by atoms with Crippen molar-refractivity contribution < 1.29 is 14.3 Å². The molecule has 0 spiro atoms. The van der Waals surface area contributed by atoms with Gasteiger partial charge in [-0.15, -0.1) is 0 Å². The number of amides is 2. The second kappa shape index (κ2) is 12.6. The number of fused-ring (bicyclic) bond motifs is 3. The Morgan fingerprint density at radius 3 is 2.31 bits per heavy atom. The Labute approximate surface area is 248 Å². The summed E-state index contributed by atoms with van der Waals surface area (Å²) < 4.78 is 11.8. The van der Waals surface area contributed by atoms with Crippen molar-refractivity contribution in [1.29, 1.82) is 0 Å². The maximum atomic E-state index is 12.7. The summed E-state index contributed by atoms with van der Waals surface area (Å²) in [4.78, 5) is 29.8. The van der Waals surface area contributed by atoms with E-state index in [4.69, 9.17) is 19.4 Å². The van der Waals surface area contributed by atoms with E-state index < -0.39 is 0 Å². The predicted molar refractivity (Wildman–Crippen MR) is 165 cm³/mol. The Kier molecular flexibility index (Phi) is 8.55. The zero-order valence-electron chi connectivity index (χ0n) is 24.8. The highest BCUT2D eigenvalue weighted by Gasteiger charge is 2.36. The third-order valence-corrected chi connectivity index (χ3v) is 8.23. The molecular formula is C32H41N7O3. The molecule has 0 saturated carbocycles. The third kappa shape index (κ3) is 6.67. The van der Waals surface area contributed by atoms with Crippen molar-refractivity contribution in [2.24, 2.45) is 0 Å². The number of anilines is 3. The van der Waals surface area contributed by atoms with E-state index in [1.54, 1.807) is 0 Å². The average Bonchev–Trinajstić information content (AvgIpc) is 3.34. The number of morpholine rings is 1. The number of carbonyl (C=O) groups is 1. The Morgan fingerprint density at radius 2 is 1.67 bits per heavy atom. The quantitative estimate of drug-likeness (QED) is 0.389. The van der Waals surface area contributed by atoms with E-state index in [1.165, 1.54) is 5.56 Å². The minimum atomic E-state index is -0.307. The first-order chi connectivity index (χ1) is 20.4. The minimum absolute atomic E-state index is 0.296. The molecule has 2 bridgehead atoms. The fraction of sp³-hybridized carbons (Fsp3) is 0.469. The lowest BCUT2D eigenvalue weighted by Gasteiger charge is -2.36. The zero-order valence-corrected chi connectivity index (χ0v) is 24.8. The maximum absolute atomic E-state index is 12.7. The molecule has 10 nitrogen and oxygen atoms in total. The molecule has 2 aromatic carbocycles. The highest BCUT2D eigenvalue weighted by molar-refractivity contribution is 5.99. The topological polar surface area (TPSA) is 95.1 Å². The van der Waals surface area contributed by atoms with E-state index in [0.717, 1.165) is 87.2 Å². The first kappa shape index (κ1) is 28.4. The lowest BCUT2D eigenvalue weighted by atomic mass is 10.0. The molecule has 3 aromatic rings. The molecule has 1 aromatic heterocycles. The molecule has 4 heterocycles.